The molecule has 25 heavy (non-hydrogen) atoms. The van der Waals surface area contributed by atoms with Gasteiger partial charge < -0.3 is 10.1 Å². The van der Waals surface area contributed by atoms with Gasteiger partial charge in [0, 0.05) is 19.7 Å². The van der Waals surface area contributed by atoms with E-state index in [9.17, 15) is 8.42 Å². The number of nitrogens with zero attached hydrogens (tertiary/aromatic N) is 1. The molecule has 1 aromatic rings. The fourth-order valence-electron chi connectivity index (χ4n) is 3.20. The molecule has 1 aromatic carbocycles. The molecular formula is C19H32N2O3S. The molecule has 2 rings (SSSR count). The van der Waals surface area contributed by atoms with E-state index in [0.29, 0.717) is 38.6 Å². The molecule has 0 spiro atoms. The van der Waals surface area contributed by atoms with Gasteiger partial charge in [0.25, 0.3) is 0 Å². The normalized spacial score (nSPS) is 18.6. The molecule has 1 N–H and O–H groups in total. The molecule has 0 aromatic heterocycles. The summed E-state index contributed by atoms with van der Waals surface area (Å²) in [6.45, 7) is 6.28. The Kier molecular flexibility index (Phi) is 8.89. The third-order valence-electron chi connectivity index (χ3n) is 4.53. The van der Waals surface area contributed by atoms with Crippen LogP contribution in [0.3, 0.4) is 0 Å². The van der Waals surface area contributed by atoms with Crippen molar-refractivity contribution in [2.45, 2.75) is 39.2 Å². The quantitative estimate of drug-likeness (QED) is 0.610. The SMILES string of the molecule is CCCN(CC1CCCNC1)S(=O)(=O)CCCOCc1ccccc1. The van der Waals surface area contributed by atoms with Gasteiger partial charge in [-0.3, -0.25) is 0 Å². The van der Waals surface area contributed by atoms with Crippen LogP contribution in [-0.2, 0) is 21.4 Å². The van der Waals surface area contributed by atoms with Gasteiger partial charge in [-0.1, -0.05) is 37.3 Å². The molecule has 1 heterocycles. The highest BCUT2D eigenvalue weighted by molar-refractivity contribution is 7.89. The highest BCUT2D eigenvalue weighted by Gasteiger charge is 2.25. The number of piperidine rings is 1. The predicted molar refractivity (Wildman–Crippen MR) is 102 cm³/mol. The minimum atomic E-state index is -3.20. The van der Waals surface area contributed by atoms with Gasteiger partial charge in [0.15, 0.2) is 0 Å². The maximum Gasteiger partial charge on any atom is 0.214 e. The first-order chi connectivity index (χ1) is 12.1. The highest BCUT2D eigenvalue weighted by atomic mass is 32.2. The Balaban J connectivity index is 1.74. The van der Waals surface area contributed by atoms with Gasteiger partial charge in [0.2, 0.25) is 10.0 Å². The lowest BCUT2D eigenvalue weighted by Crippen LogP contribution is -2.42. The molecule has 1 unspecified atom stereocenters. The summed E-state index contributed by atoms with van der Waals surface area (Å²) in [7, 11) is -3.20. The van der Waals surface area contributed by atoms with Gasteiger partial charge in [-0.15, -0.1) is 0 Å². The standard InChI is InChI=1S/C19H32N2O3S/c1-2-12-21(16-19-10-6-11-20-15-19)25(22,23)14-7-13-24-17-18-8-4-3-5-9-18/h3-5,8-9,19-20H,2,6-7,10-17H2,1H3. The molecule has 1 aliphatic heterocycles. The minimum Gasteiger partial charge on any atom is -0.377 e. The van der Waals surface area contributed by atoms with E-state index in [2.05, 4.69) is 5.32 Å². The Hall–Kier alpha value is -0.950. The molecule has 1 saturated heterocycles. The van der Waals surface area contributed by atoms with Crippen molar-refractivity contribution in [1.29, 1.82) is 0 Å². The van der Waals surface area contributed by atoms with Crippen LogP contribution in [0, 0.1) is 5.92 Å². The van der Waals surface area contributed by atoms with E-state index in [0.717, 1.165) is 37.9 Å². The molecule has 0 amide bonds. The first-order valence-corrected chi connectivity index (χ1v) is 11.0. The average Bonchev–Trinajstić information content (AvgIpc) is 2.63. The lowest BCUT2D eigenvalue weighted by atomic mass is 10.00. The second-order valence-corrected chi connectivity index (χ2v) is 8.87. The summed E-state index contributed by atoms with van der Waals surface area (Å²) in [5.74, 6) is 0.603. The zero-order valence-corrected chi connectivity index (χ0v) is 16.1. The second kappa shape index (κ2) is 10.9. The van der Waals surface area contributed by atoms with Crippen LogP contribution in [0.5, 0.6) is 0 Å². The van der Waals surface area contributed by atoms with Crippen LogP contribution in [-0.4, -0.2) is 51.3 Å². The molecule has 0 radical (unpaired) electrons. The van der Waals surface area contributed by atoms with Crippen molar-refractivity contribution in [3.63, 3.8) is 0 Å². The Morgan fingerprint density at radius 1 is 1.28 bits per heavy atom. The Bertz CT molecular complexity index is 572. The topological polar surface area (TPSA) is 58.6 Å². The summed E-state index contributed by atoms with van der Waals surface area (Å²) in [4.78, 5) is 0. The number of hydrogen-bond donors (Lipinski definition) is 1. The lowest BCUT2D eigenvalue weighted by Gasteiger charge is -2.29. The monoisotopic (exact) mass is 368 g/mol. The molecule has 142 valence electrons. The van der Waals surface area contributed by atoms with Gasteiger partial charge in [0.05, 0.1) is 12.4 Å². The van der Waals surface area contributed by atoms with Crippen molar-refractivity contribution in [2.75, 3.05) is 38.5 Å². The highest BCUT2D eigenvalue weighted by Crippen LogP contribution is 2.15. The van der Waals surface area contributed by atoms with Gasteiger partial charge in [-0.25, -0.2) is 12.7 Å². The van der Waals surface area contributed by atoms with Crippen molar-refractivity contribution < 1.29 is 13.2 Å². The molecule has 1 fully saturated rings. The summed E-state index contributed by atoms with van der Waals surface area (Å²) >= 11 is 0. The van der Waals surface area contributed by atoms with Gasteiger partial charge in [-0.2, -0.15) is 0 Å². The van der Waals surface area contributed by atoms with Crippen LogP contribution in [0.4, 0.5) is 0 Å². The lowest BCUT2D eigenvalue weighted by molar-refractivity contribution is 0.121. The van der Waals surface area contributed by atoms with Crippen LogP contribution >= 0.6 is 0 Å². The second-order valence-electron chi connectivity index (χ2n) is 6.78. The molecule has 1 atom stereocenters. The van der Waals surface area contributed by atoms with Crippen LogP contribution in [0.2, 0.25) is 0 Å². The van der Waals surface area contributed by atoms with E-state index < -0.39 is 10.0 Å². The van der Waals surface area contributed by atoms with E-state index >= 15 is 0 Å². The van der Waals surface area contributed by atoms with E-state index in [-0.39, 0.29) is 5.75 Å². The minimum absolute atomic E-state index is 0.169. The zero-order chi connectivity index (χ0) is 18.0. The molecule has 5 nitrogen and oxygen atoms in total. The Morgan fingerprint density at radius 3 is 2.76 bits per heavy atom. The van der Waals surface area contributed by atoms with E-state index in [1.165, 1.54) is 0 Å². The summed E-state index contributed by atoms with van der Waals surface area (Å²) in [6, 6.07) is 9.95. The first kappa shape index (κ1) is 20.4. The maximum atomic E-state index is 12.7. The fraction of sp³-hybridized carbons (Fsp3) is 0.684. The average molecular weight is 369 g/mol. The smallest absolute Gasteiger partial charge is 0.214 e. The van der Waals surface area contributed by atoms with Crippen molar-refractivity contribution in [3.05, 3.63) is 35.9 Å². The van der Waals surface area contributed by atoms with Gasteiger partial charge in [-0.05, 0) is 50.3 Å². The number of rotatable bonds is 11. The number of sulfonamides is 1. The summed E-state index contributed by atoms with van der Waals surface area (Å²) in [5, 5.41) is 3.37. The number of hydrogen-bond acceptors (Lipinski definition) is 4. The zero-order valence-electron chi connectivity index (χ0n) is 15.3. The Labute approximate surface area is 152 Å². The fourth-order valence-corrected chi connectivity index (χ4v) is 4.84. The predicted octanol–water partition coefficient (Wildman–Crippen LogP) is 2.63. The third-order valence-corrected chi connectivity index (χ3v) is 6.45. The van der Waals surface area contributed by atoms with Gasteiger partial charge in [0.1, 0.15) is 0 Å². The Morgan fingerprint density at radius 2 is 2.08 bits per heavy atom. The summed E-state index contributed by atoms with van der Waals surface area (Å²) in [6.07, 6.45) is 3.64. The van der Waals surface area contributed by atoms with Crippen LogP contribution < -0.4 is 5.32 Å². The van der Waals surface area contributed by atoms with Crippen molar-refractivity contribution in [2.24, 2.45) is 5.92 Å². The van der Waals surface area contributed by atoms with E-state index in [1.54, 1.807) is 4.31 Å². The van der Waals surface area contributed by atoms with Crippen molar-refractivity contribution in [3.8, 4) is 0 Å². The molecule has 6 heteroatoms. The van der Waals surface area contributed by atoms with Crippen molar-refractivity contribution >= 4 is 10.0 Å². The molecule has 0 aliphatic carbocycles. The van der Waals surface area contributed by atoms with E-state index in [4.69, 9.17) is 4.74 Å². The number of nitrogens with one attached hydrogen (secondary N) is 1. The third kappa shape index (κ3) is 7.44. The largest absolute Gasteiger partial charge is 0.377 e. The van der Waals surface area contributed by atoms with Crippen molar-refractivity contribution in [1.82, 2.24) is 9.62 Å². The maximum absolute atomic E-state index is 12.7. The van der Waals surface area contributed by atoms with Crippen LogP contribution in [0.25, 0.3) is 0 Å². The van der Waals surface area contributed by atoms with E-state index in [1.807, 2.05) is 37.3 Å². The molecular weight excluding hydrogens is 336 g/mol. The molecule has 1 aliphatic rings. The van der Waals surface area contributed by atoms with Gasteiger partial charge >= 0.3 is 0 Å². The molecule has 0 bridgehead atoms. The summed E-state index contributed by atoms with van der Waals surface area (Å²) in [5.41, 5.74) is 1.11. The summed E-state index contributed by atoms with van der Waals surface area (Å²) < 4.78 is 32.7. The van der Waals surface area contributed by atoms with Crippen LogP contribution in [0.1, 0.15) is 38.2 Å². The molecule has 0 saturated carbocycles. The van der Waals surface area contributed by atoms with Crippen LogP contribution in [0.15, 0.2) is 30.3 Å². The number of benzene rings is 1. The first-order valence-electron chi connectivity index (χ1n) is 9.42. The number of ether oxygens (including phenoxy) is 1.